The molecule has 0 fully saturated rings. The number of thiophene rings is 1. The highest BCUT2D eigenvalue weighted by Gasteiger charge is 2.07. The van der Waals surface area contributed by atoms with Crippen LogP contribution < -0.4 is 5.32 Å². The van der Waals surface area contributed by atoms with Crippen molar-refractivity contribution >= 4 is 22.4 Å². The zero-order valence-corrected chi connectivity index (χ0v) is 9.58. The molecule has 0 saturated heterocycles. The van der Waals surface area contributed by atoms with Crippen LogP contribution in [0.3, 0.4) is 0 Å². The minimum absolute atomic E-state index is 0.187. The van der Waals surface area contributed by atoms with E-state index >= 15 is 0 Å². The van der Waals surface area contributed by atoms with E-state index in [0.29, 0.717) is 6.04 Å². The summed E-state index contributed by atoms with van der Waals surface area (Å²) in [6, 6.07) is 3.74. The lowest BCUT2D eigenvalue weighted by Crippen LogP contribution is -2.22. The molecular weight excluding hydrogens is 212 g/mol. The predicted molar refractivity (Wildman–Crippen MR) is 63.1 cm³/mol. The summed E-state index contributed by atoms with van der Waals surface area (Å²) in [4.78, 5) is 11.0. The first-order valence-corrected chi connectivity index (χ1v) is 5.55. The minimum atomic E-state index is -0.367. The lowest BCUT2D eigenvalue weighted by Gasteiger charge is -2.02. The second-order valence-corrected chi connectivity index (χ2v) is 4.49. The van der Waals surface area contributed by atoms with Crippen molar-refractivity contribution in [2.45, 2.75) is 19.9 Å². The number of nitrogens with one attached hydrogen (secondary N) is 1. The standard InChI is InChI=1S/C10H14N2O2S/c1-8(2)11-7-3-4-9-5-6-10(15-9)12(13)14/h3-6,8,11H,7H2,1-2H3/b4-3+. The Morgan fingerprint density at radius 2 is 2.33 bits per heavy atom. The Kier molecular flexibility index (Phi) is 4.45. The average molecular weight is 226 g/mol. The van der Waals surface area contributed by atoms with Crippen molar-refractivity contribution < 1.29 is 4.92 Å². The van der Waals surface area contributed by atoms with Crippen LogP contribution in [0.5, 0.6) is 0 Å². The van der Waals surface area contributed by atoms with Crippen LogP contribution in [0.2, 0.25) is 0 Å². The molecule has 0 aromatic carbocycles. The number of nitro groups is 1. The van der Waals surface area contributed by atoms with Crippen molar-refractivity contribution in [2.24, 2.45) is 0 Å². The maximum absolute atomic E-state index is 10.4. The SMILES string of the molecule is CC(C)NC/C=C/c1ccc([N+](=O)[O-])s1. The van der Waals surface area contributed by atoms with Gasteiger partial charge in [0.05, 0.1) is 4.92 Å². The molecule has 15 heavy (non-hydrogen) atoms. The van der Waals surface area contributed by atoms with Gasteiger partial charge in [-0.05, 0) is 12.1 Å². The highest BCUT2D eigenvalue weighted by Crippen LogP contribution is 2.24. The van der Waals surface area contributed by atoms with Gasteiger partial charge in [-0.1, -0.05) is 31.3 Å². The Labute approximate surface area is 92.8 Å². The molecule has 0 spiro atoms. The van der Waals surface area contributed by atoms with Crippen molar-refractivity contribution in [1.82, 2.24) is 5.32 Å². The Morgan fingerprint density at radius 3 is 2.87 bits per heavy atom. The van der Waals surface area contributed by atoms with Crippen LogP contribution >= 0.6 is 11.3 Å². The first-order chi connectivity index (χ1) is 7.09. The van der Waals surface area contributed by atoms with Crippen LogP contribution in [-0.4, -0.2) is 17.5 Å². The van der Waals surface area contributed by atoms with Gasteiger partial charge in [-0.2, -0.15) is 0 Å². The molecule has 0 aliphatic heterocycles. The summed E-state index contributed by atoms with van der Waals surface area (Å²) < 4.78 is 0. The summed E-state index contributed by atoms with van der Waals surface area (Å²) >= 11 is 1.19. The Hall–Kier alpha value is -1.20. The molecule has 1 aromatic rings. The second-order valence-electron chi connectivity index (χ2n) is 3.40. The quantitative estimate of drug-likeness (QED) is 0.620. The molecule has 0 aliphatic rings. The van der Waals surface area contributed by atoms with Gasteiger partial charge in [0, 0.05) is 23.5 Å². The van der Waals surface area contributed by atoms with Crippen molar-refractivity contribution in [3.8, 4) is 0 Å². The lowest BCUT2D eigenvalue weighted by molar-refractivity contribution is -0.380. The van der Waals surface area contributed by atoms with Crippen molar-refractivity contribution in [3.63, 3.8) is 0 Å². The first kappa shape index (κ1) is 11.9. The van der Waals surface area contributed by atoms with E-state index in [1.165, 1.54) is 17.4 Å². The average Bonchev–Trinajstić information content (AvgIpc) is 2.60. The fourth-order valence-corrected chi connectivity index (χ4v) is 1.76. The third kappa shape index (κ3) is 4.22. The molecule has 0 unspecified atom stereocenters. The maximum atomic E-state index is 10.4. The monoisotopic (exact) mass is 226 g/mol. The van der Waals surface area contributed by atoms with E-state index in [0.717, 1.165) is 11.4 Å². The topological polar surface area (TPSA) is 55.2 Å². The highest BCUT2D eigenvalue weighted by atomic mass is 32.1. The van der Waals surface area contributed by atoms with Crippen LogP contribution in [0.1, 0.15) is 18.7 Å². The van der Waals surface area contributed by atoms with E-state index in [1.807, 2.05) is 12.2 Å². The summed E-state index contributed by atoms with van der Waals surface area (Å²) in [5.74, 6) is 0. The van der Waals surface area contributed by atoms with E-state index in [2.05, 4.69) is 19.2 Å². The van der Waals surface area contributed by atoms with Crippen molar-refractivity contribution in [1.29, 1.82) is 0 Å². The van der Waals surface area contributed by atoms with Gasteiger partial charge < -0.3 is 5.32 Å². The van der Waals surface area contributed by atoms with Crippen molar-refractivity contribution in [3.05, 3.63) is 33.2 Å². The number of nitrogens with zero attached hydrogens (tertiary/aromatic N) is 1. The molecular formula is C10H14N2O2S. The number of hydrogen-bond acceptors (Lipinski definition) is 4. The van der Waals surface area contributed by atoms with Crippen LogP contribution in [0.25, 0.3) is 6.08 Å². The molecule has 4 nitrogen and oxygen atoms in total. The lowest BCUT2D eigenvalue weighted by atomic mass is 10.3. The third-order valence-corrected chi connectivity index (χ3v) is 2.72. The molecule has 0 amide bonds. The predicted octanol–water partition coefficient (Wildman–Crippen LogP) is 2.67. The van der Waals surface area contributed by atoms with Gasteiger partial charge in [0.1, 0.15) is 0 Å². The van der Waals surface area contributed by atoms with Crippen LogP contribution in [0.15, 0.2) is 18.2 Å². The van der Waals surface area contributed by atoms with Gasteiger partial charge in [-0.15, -0.1) is 0 Å². The van der Waals surface area contributed by atoms with Gasteiger partial charge in [-0.25, -0.2) is 0 Å². The molecule has 0 saturated carbocycles. The minimum Gasteiger partial charge on any atom is -0.311 e. The summed E-state index contributed by atoms with van der Waals surface area (Å²) in [5.41, 5.74) is 0. The van der Waals surface area contributed by atoms with Crippen LogP contribution in [0, 0.1) is 10.1 Å². The fourth-order valence-electron chi connectivity index (χ4n) is 1.01. The Balaban J connectivity index is 2.46. The smallest absolute Gasteiger partial charge is 0.311 e. The molecule has 0 atom stereocenters. The first-order valence-electron chi connectivity index (χ1n) is 4.73. The molecule has 0 aliphatic carbocycles. The van der Waals surface area contributed by atoms with Crippen molar-refractivity contribution in [2.75, 3.05) is 6.54 Å². The highest BCUT2D eigenvalue weighted by molar-refractivity contribution is 7.16. The second kappa shape index (κ2) is 5.63. The summed E-state index contributed by atoms with van der Waals surface area (Å²) in [6.07, 6.45) is 3.86. The van der Waals surface area contributed by atoms with Gasteiger partial charge in [0.15, 0.2) is 0 Å². The summed E-state index contributed by atoms with van der Waals surface area (Å²) in [6.45, 7) is 4.93. The molecule has 0 bridgehead atoms. The normalized spacial score (nSPS) is 11.4. The Bertz CT molecular complexity index is 358. The van der Waals surface area contributed by atoms with E-state index < -0.39 is 0 Å². The summed E-state index contributed by atoms with van der Waals surface area (Å²) in [7, 11) is 0. The van der Waals surface area contributed by atoms with Gasteiger partial charge in [-0.3, -0.25) is 10.1 Å². The molecule has 1 heterocycles. The van der Waals surface area contributed by atoms with E-state index in [-0.39, 0.29) is 9.92 Å². The molecule has 0 radical (unpaired) electrons. The largest absolute Gasteiger partial charge is 0.324 e. The van der Waals surface area contributed by atoms with E-state index in [9.17, 15) is 10.1 Å². The van der Waals surface area contributed by atoms with Crippen LogP contribution in [0.4, 0.5) is 5.00 Å². The molecule has 1 rings (SSSR count). The molecule has 1 N–H and O–H groups in total. The van der Waals surface area contributed by atoms with Gasteiger partial charge in [0.2, 0.25) is 0 Å². The fraction of sp³-hybridized carbons (Fsp3) is 0.400. The van der Waals surface area contributed by atoms with E-state index in [1.54, 1.807) is 6.07 Å². The maximum Gasteiger partial charge on any atom is 0.324 e. The summed E-state index contributed by atoms with van der Waals surface area (Å²) in [5, 5.41) is 13.8. The van der Waals surface area contributed by atoms with Gasteiger partial charge in [0.25, 0.3) is 0 Å². The molecule has 1 aromatic heterocycles. The number of hydrogen-bond donors (Lipinski definition) is 1. The van der Waals surface area contributed by atoms with Crippen LogP contribution in [-0.2, 0) is 0 Å². The van der Waals surface area contributed by atoms with Gasteiger partial charge >= 0.3 is 5.00 Å². The zero-order chi connectivity index (χ0) is 11.3. The number of rotatable bonds is 5. The molecule has 5 heteroatoms. The zero-order valence-electron chi connectivity index (χ0n) is 8.77. The molecule has 82 valence electrons. The third-order valence-electron chi connectivity index (χ3n) is 1.72. The van der Waals surface area contributed by atoms with E-state index in [4.69, 9.17) is 0 Å². The Morgan fingerprint density at radius 1 is 1.60 bits per heavy atom.